The van der Waals surface area contributed by atoms with Gasteiger partial charge in [-0.1, -0.05) is 29.8 Å². The molecule has 0 saturated heterocycles. The molecule has 2 N–H and O–H groups in total. The highest BCUT2D eigenvalue weighted by atomic mass is 35.5. The Balaban J connectivity index is 1.87. The van der Waals surface area contributed by atoms with Crippen LogP contribution in [0.15, 0.2) is 48.5 Å². The Morgan fingerprint density at radius 2 is 1.85 bits per heavy atom. The summed E-state index contributed by atoms with van der Waals surface area (Å²) in [5.74, 6) is 1.57. The van der Waals surface area contributed by atoms with Gasteiger partial charge in [-0.05, 0) is 42.3 Å². The third-order valence-electron chi connectivity index (χ3n) is 2.89. The van der Waals surface area contributed by atoms with Crippen LogP contribution >= 0.6 is 11.6 Å². The van der Waals surface area contributed by atoms with Gasteiger partial charge in [-0.2, -0.15) is 0 Å². The number of halogens is 1. The molecule has 106 valence electrons. The largest absolute Gasteiger partial charge is 0.497 e. The van der Waals surface area contributed by atoms with Crippen molar-refractivity contribution < 1.29 is 9.47 Å². The number of rotatable bonds is 6. The summed E-state index contributed by atoms with van der Waals surface area (Å²) in [6.45, 7) is 0.442. The first kappa shape index (κ1) is 14.7. The number of hydrogen-bond acceptors (Lipinski definition) is 3. The second-order valence-corrected chi connectivity index (χ2v) is 5.02. The minimum absolute atomic E-state index is 0.0823. The van der Waals surface area contributed by atoms with E-state index in [1.807, 2.05) is 42.5 Å². The molecule has 2 aromatic rings. The maximum Gasteiger partial charge on any atom is 0.120 e. The fraction of sp³-hybridized carbons (Fsp3) is 0.250. The highest BCUT2D eigenvalue weighted by molar-refractivity contribution is 6.30. The van der Waals surface area contributed by atoms with E-state index in [1.54, 1.807) is 13.2 Å². The van der Waals surface area contributed by atoms with Crippen molar-refractivity contribution in [3.05, 3.63) is 59.1 Å². The van der Waals surface area contributed by atoms with Crippen LogP contribution in [-0.4, -0.2) is 19.8 Å². The van der Waals surface area contributed by atoms with Gasteiger partial charge in [-0.15, -0.1) is 0 Å². The molecule has 0 aliphatic rings. The SMILES string of the molecule is COc1cccc(CC(N)COc2cccc(Cl)c2)c1. The molecule has 0 fully saturated rings. The van der Waals surface area contributed by atoms with Gasteiger partial charge in [0.05, 0.1) is 7.11 Å². The third-order valence-corrected chi connectivity index (χ3v) is 3.13. The minimum atomic E-state index is -0.0823. The molecule has 0 heterocycles. The molecule has 4 heteroatoms. The Hall–Kier alpha value is -1.71. The summed E-state index contributed by atoms with van der Waals surface area (Å²) in [5.41, 5.74) is 7.22. The molecule has 0 aromatic heterocycles. The quantitative estimate of drug-likeness (QED) is 0.888. The van der Waals surface area contributed by atoms with E-state index in [2.05, 4.69) is 0 Å². The zero-order valence-corrected chi connectivity index (χ0v) is 12.1. The van der Waals surface area contributed by atoms with E-state index >= 15 is 0 Å². The molecule has 0 amide bonds. The molecule has 20 heavy (non-hydrogen) atoms. The summed E-state index contributed by atoms with van der Waals surface area (Å²) >= 11 is 5.90. The molecule has 1 atom stereocenters. The lowest BCUT2D eigenvalue weighted by molar-refractivity contribution is 0.287. The fourth-order valence-corrected chi connectivity index (χ4v) is 2.10. The number of nitrogens with two attached hydrogens (primary N) is 1. The second kappa shape index (κ2) is 7.17. The van der Waals surface area contributed by atoms with Crippen molar-refractivity contribution in [3.8, 4) is 11.5 Å². The van der Waals surface area contributed by atoms with Crippen LogP contribution in [0.2, 0.25) is 5.02 Å². The van der Waals surface area contributed by atoms with Gasteiger partial charge in [-0.3, -0.25) is 0 Å². The van der Waals surface area contributed by atoms with Crippen molar-refractivity contribution in [2.24, 2.45) is 5.73 Å². The summed E-state index contributed by atoms with van der Waals surface area (Å²) in [6, 6.07) is 15.1. The monoisotopic (exact) mass is 291 g/mol. The van der Waals surface area contributed by atoms with Gasteiger partial charge in [0.2, 0.25) is 0 Å². The number of methoxy groups -OCH3 is 1. The predicted molar refractivity (Wildman–Crippen MR) is 81.6 cm³/mol. The highest BCUT2D eigenvalue weighted by Crippen LogP contribution is 2.18. The Labute approximate surface area is 124 Å². The van der Waals surface area contributed by atoms with Crippen molar-refractivity contribution in [2.45, 2.75) is 12.5 Å². The van der Waals surface area contributed by atoms with Crippen LogP contribution in [0.25, 0.3) is 0 Å². The first-order valence-electron chi connectivity index (χ1n) is 6.44. The molecule has 2 aromatic carbocycles. The maximum absolute atomic E-state index is 6.08. The van der Waals surface area contributed by atoms with Gasteiger partial charge < -0.3 is 15.2 Å². The van der Waals surface area contributed by atoms with E-state index in [-0.39, 0.29) is 6.04 Å². The van der Waals surface area contributed by atoms with Crippen molar-refractivity contribution in [3.63, 3.8) is 0 Å². The first-order chi connectivity index (χ1) is 9.67. The summed E-state index contributed by atoms with van der Waals surface area (Å²) in [7, 11) is 1.65. The van der Waals surface area contributed by atoms with E-state index in [0.717, 1.165) is 23.5 Å². The molecular weight excluding hydrogens is 274 g/mol. The van der Waals surface area contributed by atoms with Gasteiger partial charge in [0.1, 0.15) is 18.1 Å². The predicted octanol–water partition coefficient (Wildman–Crippen LogP) is 3.30. The van der Waals surface area contributed by atoms with Crippen molar-refractivity contribution in [1.29, 1.82) is 0 Å². The lowest BCUT2D eigenvalue weighted by Crippen LogP contribution is -2.30. The van der Waals surface area contributed by atoms with Crippen LogP contribution < -0.4 is 15.2 Å². The van der Waals surface area contributed by atoms with Crippen molar-refractivity contribution in [1.82, 2.24) is 0 Å². The summed E-state index contributed by atoms with van der Waals surface area (Å²) in [4.78, 5) is 0. The van der Waals surface area contributed by atoms with E-state index in [0.29, 0.717) is 11.6 Å². The maximum atomic E-state index is 6.08. The normalized spacial score (nSPS) is 11.9. The van der Waals surface area contributed by atoms with Gasteiger partial charge in [0, 0.05) is 11.1 Å². The van der Waals surface area contributed by atoms with Crippen LogP contribution in [0, 0.1) is 0 Å². The molecule has 0 bridgehead atoms. The summed E-state index contributed by atoms with van der Waals surface area (Å²) < 4.78 is 10.8. The zero-order valence-electron chi connectivity index (χ0n) is 11.4. The topological polar surface area (TPSA) is 44.5 Å². The number of benzene rings is 2. The van der Waals surface area contributed by atoms with Gasteiger partial charge >= 0.3 is 0 Å². The average molecular weight is 292 g/mol. The Kier molecular flexibility index (Phi) is 5.27. The Morgan fingerprint density at radius 3 is 2.60 bits per heavy atom. The first-order valence-corrected chi connectivity index (χ1v) is 6.82. The smallest absolute Gasteiger partial charge is 0.120 e. The molecule has 1 unspecified atom stereocenters. The van der Waals surface area contributed by atoms with Crippen LogP contribution in [-0.2, 0) is 6.42 Å². The van der Waals surface area contributed by atoms with Gasteiger partial charge in [0.25, 0.3) is 0 Å². The lowest BCUT2D eigenvalue weighted by atomic mass is 10.1. The van der Waals surface area contributed by atoms with E-state index in [1.165, 1.54) is 0 Å². The van der Waals surface area contributed by atoms with Crippen LogP contribution in [0.5, 0.6) is 11.5 Å². The molecule has 0 spiro atoms. The number of hydrogen-bond donors (Lipinski definition) is 1. The highest BCUT2D eigenvalue weighted by Gasteiger charge is 2.06. The summed E-state index contributed by atoms with van der Waals surface area (Å²) in [6.07, 6.45) is 0.734. The summed E-state index contributed by atoms with van der Waals surface area (Å²) in [5, 5.41) is 0.656. The molecule has 0 aliphatic heterocycles. The lowest BCUT2D eigenvalue weighted by Gasteiger charge is -2.14. The number of ether oxygens (including phenoxy) is 2. The van der Waals surface area contributed by atoms with Crippen molar-refractivity contribution in [2.75, 3.05) is 13.7 Å². The van der Waals surface area contributed by atoms with Gasteiger partial charge in [-0.25, -0.2) is 0 Å². The van der Waals surface area contributed by atoms with Crippen LogP contribution in [0.1, 0.15) is 5.56 Å². The van der Waals surface area contributed by atoms with E-state index in [9.17, 15) is 0 Å². The van der Waals surface area contributed by atoms with Crippen LogP contribution in [0.3, 0.4) is 0 Å². The second-order valence-electron chi connectivity index (χ2n) is 4.58. The Bertz CT molecular complexity index is 560. The van der Waals surface area contributed by atoms with Crippen LogP contribution in [0.4, 0.5) is 0 Å². The minimum Gasteiger partial charge on any atom is -0.497 e. The molecule has 2 rings (SSSR count). The fourth-order valence-electron chi connectivity index (χ4n) is 1.92. The standard InChI is InChI=1S/C16H18ClNO2/c1-19-15-6-2-4-12(9-15)8-14(18)11-20-16-7-3-5-13(17)10-16/h2-7,9-10,14H,8,11,18H2,1H3. The molecular formula is C16H18ClNO2. The average Bonchev–Trinajstić information content (AvgIpc) is 2.45. The molecule has 0 saturated carbocycles. The third kappa shape index (κ3) is 4.44. The zero-order chi connectivity index (χ0) is 14.4. The molecule has 0 aliphatic carbocycles. The molecule has 3 nitrogen and oxygen atoms in total. The van der Waals surface area contributed by atoms with Crippen molar-refractivity contribution >= 4 is 11.6 Å². The van der Waals surface area contributed by atoms with Gasteiger partial charge in [0.15, 0.2) is 0 Å². The molecule has 0 radical (unpaired) electrons. The van der Waals surface area contributed by atoms with E-state index in [4.69, 9.17) is 26.8 Å². The Morgan fingerprint density at radius 1 is 1.10 bits per heavy atom. The van der Waals surface area contributed by atoms with E-state index < -0.39 is 0 Å².